The summed E-state index contributed by atoms with van der Waals surface area (Å²) in [5.74, 6) is 2.18. The molecule has 0 saturated heterocycles. The zero-order chi connectivity index (χ0) is 10.6. The first-order chi connectivity index (χ1) is 6.67. The lowest BCUT2D eigenvalue weighted by molar-refractivity contribution is 0.628. The molecule has 0 aromatic heterocycles. The van der Waals surface area contributed by atoms with Crippen LogP contribution < -0.4 is 5.32 Å². The maximum absolute atomic E-state index is 13.2. The van der Waals surface area contributed by atoms with Crippen LogP contribution in [0.1, 0.15) is 13.3 Å². The second-order valence-electron chi connectivity index (χ2n) is 2.90. The predicted molar refractivity (Wildman–Crippen MR) is 57.9 cm³/mol. The summed E-state index contributed by atoms with van der Waals surface area (Å²) in [6.45, 7) is 1.93. The van der Waals surface area contributed by atoms with Gasteiger partial charge < -0.3 is 5.32 Å². The van der Waals surface area contributed by atoms with E-state index in [1.165, 1.54) is 18.2 Å². The normalized spacial score (nSPS) is 11.9. The SMILES string of the molecule is C#CC(CC)Nc1cc(Cl)ccc1F. The summed E-state index contributed by atoms with van der Waals surface area (Å²) >= 11 is 5.73. The molecule has 0 bridgehead atoms. The van der Waals surface area contributed by atoms with Crippen LogP contribution in [0, 0.1) is 18.2 Å². The number of benzene rings is 1. The molecule has 0 radical (unpaired) electrons. The van der Waals surface area contributed by atoms with Crippen molar-refractivity contribution in [2.45, 2.75) is 19.4 Å². The largest absolute Gasteiger partial charge is 0.369 e. The molecule has 0 spiro atoms. The average molecular weight is 212 g/mol. The Balaban J connectivity index is 2.86. The molecule has 0 saturated carbocycles. The topological polar surface area (TPSA) is 12.0 Å². The molecule has 3 heteroatoms. The molecule has 74 valence electrons. The van der Waals surface area contributed by atoms with E-state index < -0.39 is 0 Å². The Hall–Kier alpha value is -1.20. The summed E-state index contributed by atoms with van der Waals surface area (Å²) in [4.78, 5) is 0. The van der Waals surface area contributed by atoms with Crippen molar-refractivity contribution < 1.29 is 4.39 Å². The summed E-state index contributed by atoms with van der Waals surface area (Å²) < 4.78 is 13.2. The molecule has 0 heterocycles. The van der Waals surface area contributed by atoms with E-state index in [-0.39, 0.29) is 11.9 Å². The van der Waals surface area contributed by atoms with Gasteiger partial charge in [0.05, 0.1) is 11.7 Å². The first-order valence-electron chi connectivity index (χ1n) is 4.35. The van der Waals surface area contributed by atoms with E-state index in [1.807, 2.05) is 6.92 Å². The maximum Gasteiger partial charge on any atom is 0.146 e. The van der Waals surface area contributed by atoms with E-state index in [4.69, 9.17) is 18.0 Å². The van der Waals surface area contributed by atoms with E-state index in [1.54, 1.807) is 0 Å². The molecular formula is C11H11ClFN. The van der Waals surface area contributed by atoms with Crippen molar-refractivity contribution in [2.24, 2.45) is 0 Å². The highest BCUT2D eigenvalue weighted by Gasteiger charge is 2.06. The fraction of sp³-hybridized carbons (Fsp3) is 0.273. The molecule has 1 unspecified atom stereocenters. The highest BCUT2D eigenvalue weighted by Crippen LogP contribution is 2.20. The zero-order valence-corrected chi connectivity index (χ0v) is 8.61. The summed E-state index contributed by atoms with van der Waals surface area (Å²) in [5, 5.41) is 3.38. The number of nitrogens with one attached hydrogen (secondary N) is 1. The molecule has 1 atom stereocenters. The van der Waals surface area contributed by atoms with Gasteiger partial charge in [0, 0.05) is 5.02 Å². The van der Waals surface area contributed by atoms with Crippen LogP contribution in [-0.4, -0.2) is 6.04 Å². The Labute approximate surface area is 88.3 Å². The standard InChI is InChI=1S/C11H11ClFN/c1-3-9(4-2)14-11-7-8(12)5-6-10(11)13/h1,5-7,9,14H,4H2,2H3. The van der Waals surface area contributed by atoms with Crippen LogP contribution >= 0.6 is 11.6 Å². The zero-order valence-electron chi connectivity index (χ0n) is 7.85. The van der Waals surface area contributed by atoms with E-state index in [0.29, 0.717) is 10.7 Å². The molecule has 0 fully saturated rings. The minimum Gasteiger partial charge on any atom is -0.369 e. The highest BCUT2D eigenvalue weighted by molar-refractivity contribution is 6.30. The monoisotopic (exact) mass is 211 g/mol. The van der Waals surface area contributed by atoms with Gasteiger partial charge in [-0.05, 0) is 24.6 Å². The quantitative estimate of drug-likeness (QED) is 0.757. The molecule has 14 heavy (non-hydrogen) atoms. The summed E-state index contributed by atoms with van der Waals surface area (Å²) in [6, 6.07) is 4.17. The van der Waals surface area contributed by atoms with Gasteiger partial charge in [-0.15, -0.1) is 6.42 Å². The highest BCUT2D eigenvalue weighted by atomic mass is 35.5. The summed E-state index contributed by atoms with van der Waals surface area (Å²) in [7, 11) is 0. The van der Waals surface area contributed by atoms with E-state index in [0.717, 1.165) is 6.42 Å². The molecular weight excluding hydrogens is 201 g/mol. The summed E-state index contributed by atoms with van der Waals surface area (Å²) in [5.41, 5.74) is 0.349. The van der Waals surface area contributed by atoms with Crippen LogP contribution in [0.4, 0.5) is 10.1 Å². The summed E-state index contributed by atoms with van der Waals surface area (Å²) in [6.07, 6.45) is 5.99. The van der Waals surface area contributed by atoms with Gasteiger partial charge in [0.15, 0.2) is 0 Å². The number of halogens is 2. The second-order valence-corrected chi connectivity index (χ2v) is 3.33. The fourth-order valence-electron chi connectivity index (χ4n) is 1.06. The molecule has 0 amide bonds. The lowest BCUT2D eigenvalue weighted by Gasteiger charge is -2.12. The molecule has 1 nitrogen and oxygen atoms in total. The Bertz CT molecular complexity index is 357. The molecule has 1 aromatic rings. The first-order valence-corrected chi connectivity index (χ1v) is 4.73. The third-order valence-corrected chi connectivity index (χ3v) is 2.10. The Morgan fingerprint density at radius 1 is 1.64 bits per heavy atom. The van der Waals surface area contributed by atoms with E-state index >= 15 is 0 Å². The van der Waals surface area contributed by atoms with Gasteiger partial charge in [-0.1, -0.05) is 24.4 Å². The predicted octanol–water partition coefficient (Wildman–Crippen LogP) is 3.30. The lowest BCUT2D eigenvalue weighted by atomic mass is 10.2. The van der Waals surface area contributed by atoms with Crippen LogP contribution in [0.2, 0.25) is 5.02 Å². The average Bonchev–Trinajstić information content (AvgIpc) is 2.19. The maximum atomic E-state index is 13.2. The van der Waals surface area contributed by atoms with Gasteiger partial charge in [0.2, 0.25) is 0 Å². The molecule has 1 aromatic carbocycles. The molecule has 0 aliphatic rings. The van der Waals surface area contributed by atoms with Crippen LogP contribution in [0.5, 0.6) is 0 Å². The third-order valence-electron chi connectivity index (χ3n) is 1.87. The van der Waals surface area contributed by atoms with Gasteiger partial charge in [0.1, 0.15) is 5.82 Å². The third kappa shape index (κ3) is 2.65. The van der Waals surface area contributed by atoms with Crippen LogP contribution in [-0.2, 0) is 0 Å². The van der Waals surface area contributed by atoms with E-state index in [9.17, 15) is 4.39 Å². The van der Waals surface area contributed by atoms with Crippen molar-refractivity contribution in [2.75, 3.05) is 5.32 Å². The number of hydrogen-bond acceptors (Lipinski definition) is 1. The number of anilines is 1. The van der Waals surface area contributed by atoms with Crippen molar-refractivity contribution in [3.8, 4) is 12.3 Å². The minimum atomic E-state index is -0.344. The number of hydrogen-bond donors (Lipinski definition) is 1. The molecule has 1 N–H and O–H groups in total. The van der Waals surface area contributed by atoms with Crippen LogP contribution in [0.3, 0.4) is 0 Å². The van der Waals surface area contributed by atoms with Crippen molar-refractivity contribution in [1.29, 1.82) is 0 Å². The fourth-order valence-corrected chi connectivity index (χ4v) is 1.23. The van der Waals surface area contributed by atoms with Crippen LogP contribution in [0.25, 0.3) is 0 Å². The Kier molecular flexibility index (Phi) is 3.79. The first kappa shape index (κ1) is 10.9. The van der Waals surface area contributed by atoms with Gasteiger partial charge >= 0.3 is 0 Å². The number of rotatable bonds is 3. The van der Waals surface area contributed by atoms with Crippen molar-refractivity contribution >= 4 is 17.3 Å². The minimum absolute atomic E-state index is 0.164. The Morgan fingerprint density at radius 2 is 2.36 bits per heavy atom. The van der Waals surface area contributed by atoms with Gasteiger partial charge in [-0.2, -0.15) is 0 Å². The smallest absolute Gasteiger partial charge is 0.146 e. The van der Waals surface area contributed by atoms with E-state index in [2.05, 4.69) is 11.2 Å². The van der Waals surface area contributed by atoms with Crippen molar-refractivity contribution in [3.63, 3.8) is 0 Å². The second kappa shape index (κ2) is 4.88. The van der Waals surface area contributed by atoms with Gasteiger partial charge in [-0.25, -0.2) is 4.39 Å². The lowest BCUT2D eigenvalue weighted by Crippen LogP contribution is -2.16. The number of terminal acetylenes is 1. The van der Waals surface area contributed by atoms with Crippen LogP contribution in [0.15, 0.2) is 18.2 Å². The van der Waals surface area contributed by atoms with Gasteiger partial charge in [0.25, 0.3) is 0 Å². The van der Waals surface area contributed by atoms with Crippen molar-refractivity contribution in [1.82, 2.24) is 0 Å². The Morgan fingerprint density at radius 3 is 2.93 bits per heavy atom. The van der Waals surface area contributed by atoms with Crippen molar-refractivity contribution in [3.05, 3.63) is 29.0 Å². The van der Waals surface area contributed by atoms with Gasteiger partial charge in [-0.3, -0.25) is 0 Å². The molecule has 1 rings (SSSR count). The molecule has 0 aliphatic heterocycles. The molecule has 0 aliphatic carbocycles.